The third-order valence-corrected chi connectivity index (χ3v) is 3.39. The second-order valence-corrected chi connectivity index (χ2v) is 4.93. The van der Waals surface area contributed by atoms with E-state index in [4.69, 9.17) is 10.8 Å². The van der Waals surface area contributed by atoms with E-state index in [1.54, 1.807) is 6.92 Å². The molecule has 1 rings (SSSR count). The number of carboxylic acid groups (broad SMARTS) is 1. The van der Waals surface area contributed by atoms with Crippen LogP contribution in [0.25, 0.3) is 0 Å². The smallest absolute Gasteiger partial charge is 0.327 e. The second-order valence-electron chi connectivity index (χ2n) is 4.56. The van der Waals surface area contributed by atoms with Crippen LogP contribution in [0.2, 0.25) is 0 Å². The predicted molar refractivity (Wildman–Crippen MR) is 71.8 cm³/mol. The minimum atomic E-state index is -1.15. The average Bonchev–Trinajstić information content (AvgIpc) is 2.83. The largest absolute Gasteiger partial charge is 0.480 e. The van der Waals surface area contributed by atoms with Gasteiger partial charge in [0.1, 0.15) is 12.1 Å². The number of amides is 2. The highest BCUT2D eigenvalue weighted by atomic mass is 32.1. The zero-order valence-electron chi connectivity index (χ0n) is 10.7. The van der Waals surface area contributed by atoms with Crippen molar-refractivity contribution >= 4 is 30.4 Å². The molecule has 8 heteroatoms. The lowest BCUT2D eigenvalue weighted by Gasteiger charge is -2.26. The summed E-state index contributed by atoms with van der Waals surface area (Å²) in [6.45, 7) is 2.03. The van der Waals surface area contributed by atoms with E-state index in [-0.39, 0.29) is 11.7 Å². The summed E-state index contributed by atoms with van der Waals surface area (Å²) in [7, 11) is 0. The zero-order chi connectivity index (χ0) is 14.6. The molecular weight excluding hydrogens is 270 g/mol. The van der Waals surface area contributed by atoms with E-state index in [0.29, 0.717) is 19.4 Å². The predicted octanol–water partition coefficient (Wildman–Crippen LogP) is -1.18. The Morgan fingerprint density at radius 3 is 2.63 bits per heavy atom. The fraction of sp³-hybridized carbons (Fsp3) is 0.727. The summed E-state index contributed by atoms with van der Waals surface area (Å²) in [6, 6.07) is -2.36. The Bertz CT molecular complexity index is 375. The maximum Gasteiger partial charge on any atom is 0.327 e. The number of carbonyl (C=O) groups is 3. The van der Waals surface area contributed by atoms with Gasteiger partial charge in [-0.2, -0.15) is 12.6 Å². The van der Waals surface area contributed by atoms with Gasteiger partial charge in [0.2, 0.25) is 11.8 Å². The minimum Gasteiger partial charge on any atom is -0.480 e. The molecule has 0 radical (unpaired) electrons. The number of nitrogens with zero attached hydrogens (tertiary/aromatic N) is 1. The van der Waals surface area contributed by atoms with Gasteiger partial charge < -0.3 is 21.1 Å². The third-order valence-electron chi connectivity index (χ3n) is 3.03. The first-order valence-electron chi connectivity index (χ1n) is 6.08. The molecule has 0 aromatic carbocycles. The Morgan fingerprint density at radius 1 is 1.53 bits per heavy atom. The zero-order valence-corrected chi connectivity index (χ0v) is 11.6. The quantitative estimate of drug-likeness (QED) is 0.476. The van der Waals surface area contributed by atoms with Crippen LogP contribution in [-0.2, 0) is 14.4 Å². The molecule has 2 amide bonds. The molecule has 0 aromatic heterocycles. The van der Waals surface area contributed by atoms with E-state index >= 15 is 0 Å². The molecule has 108 valence electrons. The number of carboxylic acids is 1. The van der Waals surface area contributed by atoms with Crippen molar-refractivity contribution in [3.8, 4) is 0 Å². The van der Waals surface area contributed by atoms with E-state index < -0.39 is 30.0 Å². The molecule has 7 nitrogen and oxygen atoms in total. The molecule has 4 N–H and O–H groups in total. The molecule has 0 bridgehead atoms. The Morgan fingerprint density at radius 2 is 2.16 bits per heavy atom. The highest BCUT2D eigenvalue weighted by Crippen LogP contribution is 2.18. The summed E-state index contributed by atoms with van der Waals surface area (Å²) in [5, 5.41) is 11.2. The van der Waals surface area contributed by atoms with Gasteiger partial charge in [-0.25, -0.2) is 4.79 Å². The summed E-state index contributed by atoms with van der Waals surface area (Å²) in [5.41, 5.74) is 5.52. The third kappa shape index (κ3) is 3.84. The lowest BCUT2D eigenvalue weighted by molar-refractivity contribution is -0.143. The fourth-order valence-corrected chi connectivity index (χ4v) is 2.27. The topological polar surface area (TPSA) is 113 Å². The van der Waals surface area contributed by atoms with E-state index in [9.17, 15) is 14.4 Å². The van der Waals surface area contributed by atoms with Crippen LogP contribution in [-0.4, -0.2) is 58.2 Å². The number of thiol groups is 1. The number of rotatable bonds is 5. The molecule has 0 spiro atoms. The van der Waals surface area contributed by atoms with E-state index in [1.807, 2.05) is 0 Å². The van der Waals surface area contributed by atoms with Crippen LogP contribution in [0.5, 0.6) is 0 Å². The van der Waals surface area contributed by atoms with E-state index in [1.165, 1.54) is 4.90 Å². The molecule has 1 heterocycles. The van der Waals surface area contributed by atoms with Crippen molar-refractivity contribution in [3.05, 3.63) is 0 Å². The van der Waals surface area contributed by atoms with Crippen molar-refractivity contribution in [2.45, 2.75) is 37.9 Å². The molecule has 0 saturated carbocycles. The summed E-state index contributed by atoms with van der Waals surface area (Å²) in [5.74, 6) is -1.91. The highest BCUT2D eigenvalue weighted by Gasteiger charge is 2.36. The Hall–Kier alpha value is -1.28. The van der Waals surface area contributed by atoms with Gasteiger partial charge in [-0.3, -0.25) is 9.59 Å². The van der Waals surface area contributed by atoms with Crippen LogP contribution in [0.15, 0.2) is 0 Å². The molecule has 1 aliphatic rings. The molecule has 1 saturated heterocycles. The van der Waals surface area contributed by atoms with Gasteiger partial charge in [0.15, 0.2) is 0 Å². The van der Waals surface area contributed by atoms with E-state index in [2.05, 4.69) is 17.9 Å². The van der Waals surface area contributed by atoms with Crippen molar-refractivity contribution in [2.24, 2.45) is 5.73 Å². The van der Waals surface area contributed by atoms with Crippen molar-refractivity contribution in [1.82, 2.24) is 10.2 Å². The maximum absolute atomic E-state index is 12.0. The van der Waals surface area contributed by atoms with Crippen LogP contribution < -0.4 is 11.1 Å². The van der Waals surface area contributed by atoms with Gasteiger partial charge in [0.25, 0.3) is 0 Å². The molecule has 0 aliphatic carbocycles. The Balaban J connectivity index is 2.70. The maximum atomic E-state index is 12.0. The molecule has 1 fully saturated rings. The van der Waals surface area contributed by atoms with Crippen molar-refractivity contribution < 1.29 is 19.5 Å². The molecule has 1 aliphatic heterocycles. The molecule has 19 heavy (non-hydrogen) atoms. The first kappa shape index (κ1) is 15.8. The standard InChI is InChI=1S/C11H19N3O4S/c1-6(12)10(16)14-4-2-3-8(14)9(15)13-7(5-19)11(17)18/h6-8,19H,2-5,12H2,1H3,(H,13,15)(H,17,18). The first-order valence-corrected chi connectivity index (χ1v) is 6.71. The monoisotopic (exact) mass is 289 g/mol. The number of aliphatic carboxylic acids is 1. The molecule has 3 atom stereocenters. The summed E-state index contributed by atoms with van der Waals surface area (Å²) < 4.78 is 0. The lowest BCUT2D eigenvalue weighted by atomic mass is 10.1. The fourth-order valence-electron chi connectivity index (χ4n) is 2.02. The molecule has 3 unspecified atom stereocenters. The van der Waals surface area contributed by atoms with Crippen LogP contribution in [0, 0.1) is 0 Å². The van der Waals surface area contributed by atoms with Gasteiger partial charge in [-0.15, -0.1) is 0 Å². The summed E-state index contributed by atoms with van der Waals surface area (Å²) in [4.78, 5) is 36.1. The van der Waals surface area contributed by atoms with Crippen molar-refractivity contribution in [1.29, 1.82) is 0 Å². The van der Waals surface area contributed by atoms with Crippen LogP contribution in [0.1, 0.15) is 19.8 Å². The first-order chi connectivity index (χ1) is 8.88. The minimum absolute atomic E-state index is 0.00493. The summed E-state index contributed by atoms with van der Waals surface area (Å²) >= 11 is 3.87. The van der Waals surface area contributed by atoms with Crippen LogP contribution in [0.3, 0.4) is 0 Å². The SMILES string of the molecule is CC(N)C(=O)N1CCCC1C(=O)NC(CS)C(=O)O. The number of nitrogens with one attached hydrogen (secondary N) is 1. The van der Waals surface area contributed by atoms with Crippen molar-refractivity contribution in [3.63, 3.8) is 0 Å². The Kier molecular flexibility index (Phi) is 5.61. The van der Waals surface area contributed by atoms with Crippen molar-refractivity contribution in [2.75, 3.05) is 12.3 Å². The normalized spacial score (nSPS) is 21.8. The Labute approximate surface area is 116 Å². The van der Waals surface area contributed by atoms with Gasteiger partial charge >= 0.3 is 5.97 Å². The molecular formula is C11H19N3O4S. The number of hydrogen-bond acceptors (Lipinski definition) is 5. The van der Waals surface area contributed by atoms with Gasteiger partial charge in [-0.05, 0) is 19.8 Å². The molecule has 0 aromatic rings. The summed E-state index contributed by atoms with van der Waals surface area (Å²) in [6.07, 6.45) is 1.22. The number of likely N-dealkylation sites (tertiary alicyclic amines) is 1. The highest BCUT2D eigenvalue weighted by molar-refractivity contribution is 7.80. The number of carbonyl (C=O) groups excluding carboxylic acids is 2. The van der Waals surface area contributed by atoms with Gasteiger partial charge in [0.05, 0.1) is 6.04 Å². The van der Waals surface area contributed by atoms with E-state index in [0.717, 1.165) is 0 Å². The number of hydrogen-bond donors (Lipinski definition) is 4. The second kappa shape index (κ2) is 6.76. The van der Waals surface area contributed by atoms with Gasteiger partial charge in [-0.1, -0.05) is 0 Å². The van der Waals surface area contributed by atoms with Crippen LogP contribution >= 0.6 is 12.6 Å². The average molecular weight is 289 g/mol. The number of nitrogens with two attached hydrogens (primary N) is 1. The van der Waals surface area contributed by atoms with Crippen LogP contribution in [0.4, 0.5) is 0 Å². The lowest BCUT2D eigenvalue weighted by Crippen LogP contribution is -2.53. The van der Waals surface area contributed by atoms with Gasteiger partial charge in [0, 0.05) is 12.3 Å².